The molecule has 0 aliphatic heterocycles. The van der Waals surface area contributed by atoms with Gasteiger partial charge in [0.2, 0.25) is 0 Å². The number of thiophene rings is 1. The number of carbonyl (C=O) groups is 1. The summed E-state index contributed by atoms with van der Waals surface area (Å²) in [5.74, 6) is 0.532. The molecule has 5 heteroatoms. The number of halogens is 1. The van der Waals surface area contributed by atoms with Crippen molar-refractivity contribution >= 4 is 44.1 Å². The van der Waals surface area contributed by atoms with Crippen LogP contribution in [0, 0.1) is 5.92 Å². The highest BCUT2D eigenvalue weighted by Crippen LogP contribution is 2.32. The minimum Gasteiger partial charge on any atom is -0.352 e. The van der Waals surface area contributed by atoms with Crippen molar-refractivity contribution in [3.8, 4) is 10.6 Å². The van der Waals surface area contributed by atoms with E-state index in [4.69, 9.17) is 4.98 Å². The van der Waals surface area contributed by atoms with Crippen molar-refractivity contribution in [1.29, 1.82) is 0 Å². The van der Waals surface area contributed by atoms with E-state index in [2.05, 4.69) is 35.1 Å². The molecule has 24 heavy (non-hydrogen) atoms. The van der Waals surface area contributed by atoms with E-state index >= 15 is 0 Å². The summed E-state index contributed by atoms with van der Waals surface area (Å²) in [6, 6.07) is 13.7. The second kappa shape index (κ2) is 7.45. The van der Waals surface area contributed by atoms with Crippen LogP contribution < -0.4 is 5.32 Å². The molecular weight excluding hydrogens is 384 g/mol. The van der Waals surface area contributed by atoms with Crippen LogP contribution in [0.4, 0.5) is 0 Å². The van der Waals surface area contributed by atoms with E-state index in [1.807, 2.05) is 42.5 Å². The van der Waals surface area contributed by atoms with E-state index < -0.39 is 0 Å². The molecule has 0 atom stereocenters. The van der Waals surface area contributed by atoms with Gasteiger partial charge >= 0.3 is 0 Å². The van der Waals surface area contributed by atoms with E-state index in [-0.39, 0.29) is 5.91 Å². The van der Waals surface area contributed by atoms with Crippen LogP contribution >= 0.6 is 27.3 Å². The van der Waals surface area contributed by atoms with E-state index in [0.717, 1.165) is 31.7 Å². The monoisotopic (exact) mass is 402 g/mol. The van der Waals surface area contributed by atoms with Gasteiger partial charge in [0.25, 0.3) is 5.91 Å². The number of fused-ring (bicyclic) bond motifs is 1. The molecule has 1 amide bonds. The number of para-hydroxylation sites is 1. The first kappa shape index (κ1) is 17.1. The Bertz CT molecular complexity index is 873. The molecule has 3 rings (SSSR count). The largest absolute Gasteiger partial charge is 0.352 e. The lowest BCUT2D eigenvalue weighted by molar-refractivity contribution is 0.0953. The Labute approximate surface area is 154 Å². The molecule has 0 spiro atoms. The predicted octanol–water partition coefficient (Wildman–Crippen LogP) is 5.50. The standard InChI is InChI=1S/C19H19BrN2OS/c1-12(2)9-10-21-19(23)14-11-16(17-7-8-18(20)24-17)22-15-6-4-3-5-13(14)15/h3-8,11-12H,9-10H2,1-2H3,(H,21,23). The molecule has 0 aliphatic carbocycles. The highest BCUT2D eigenvalue weighted by Gasteiger charge is 2.14. The number of carbonyl (C=O) groups excluding carboxylic acids is 1. The van der Waals surface area contributed by atoms with Crippen LogP contribution in [0.5, 0.6) is 0 Å². The zero-order valence-electron chi connectivity index (χ0n) is 13.7. The third-order valence-corrected chi connectivity index (χ3v) is 5.44. The number of pyridine rings is 1. The summed E-state index contributed by atoms with van der Waals surface area (Å²) in [5.41, 5.74) is 2.36. The Balaban J connectivity index is 2.00. The van der Waals surface area contributed by atoms with E-state index in [0.29, 0.717) is 18.0 Å². The molecule has 3 nitrogen and oxygen atoms in total. The van der Waals surface area contributed by atoms with E-state index in [1.54, 1.807) is 11.3 Å². The molecule has 1 aromatic carbocycles. The molecule has 3 aromatic rings. The fraction of sp³-hybridized carbons (Fsp3) is 0.263. The Morgan fingerprint density at radius 2 is 2.04 bits per heavy atom. The molecule has 0 unspecified atom stereocenters. The highest BCUT2D eigenvalue weighted by molar-refractivity contribution is 9.11. The van der Waals surface area contributed by atoms with Crippen molar-refractivity contribution in [3.05, 3.63) is 51.8 Å². The highest BCUT2D eigenvalue weighted by atomic mass is 79.9. The predicted molar refractivity (Wildman–Crippen MR) is 105 cm³/mol. The Morgan fingerprint density at radius 1 is 1.25 bits per heavy atom. The number of rotatable bonds is 5. The Hall–Kier alpha value is -1.72. The maximum atomic E-state index is 12.7. The van der Waals surface area contributed by atoms with Crippen molar-refractivity contribution in [2.24, 2.45) is 5.92 Å². The van der Waals surface area contributed by atoms with Crippen molar-refractivity contribution in [2.75, 3.05) is 6.54 Å². The fourth-order valence-electron chi connectivity index (χ4n) is 2.51. The number of nitrogens with one attached hydrogen (secondary N) is 1. The zero-order valence-corrected chi connectivity index (χ0v) is 16.1. The first-order valence-corrected chi connectivity index (χ1v) is 9.59. The van der Waals surface area contributed by atoms with Crippen LogP contribution in [-0.2, 0) is 0 Å². The zero-order chi connectivity index (χ0) is 17.1. The molecule has 2 heterocycles. The number of amides is 1. The van der Waals surface area contributed by atoms with Crippen LogP contribution in [-0.4, -0.2) is 17.4 Å². The van der Waals surface area contributed by atoms with Gasteiger partial charge in [0.1, 0.15) is 0 Å². The van der Waals surface area contributed by atoms with Crippen molar-refractivity contribution < 1.29 is 4.79 Å². The molecule has 0 bridgehead atoms. The van der Waals surface area contributed by atoms with Gasteiger partial charge in [-0.2, -0.15) is 0 Å². The maximum absolute atomic E-state index is 12.7. The molecule has 0 saturated heterocycles. The van der Waals surface area contributed by atoms with E-state index in [9.17, 15) is 4.79 Å². The van der Waals surface area contributed by atoms with Crippen LogP contribution in [0.25, 0.3) is 21.5 Å². The van der Waals surface area contributed by atoms with Gasteiger partial charge in [-0.25, -0.2) is 4.98 Å². The summed E-state index contributed by atoms with van der Waals surface area (Å²) in [6.45, 7) is 4.99. The van der Waals surface area contributed by atoms with Crippen molar-refractivity contribution in [1.82, 2.24) is 10.3 Å². The second-order valence-corrected chi connectivity index (χ2v) is 8.58. The molecule has 0 saturated carbocycles. The quantitative estimate of drug-likeness (QED) is 0.611. The van der Waals surface area contributed by atoms with Gasteiger partial charge in [0.05, 0.1) is 25.4 Å². The summed E-state index contributed by atoms with van der Waals surface area (Å²) in [4.78, 5) is 18.4. The van der Waals surface area contributed by atoms with E-state index in [1.165, 1.54) is 0 Å². The average Bonchev–Trinajstić information content (AvgIpc) is 3.00. The molecule has 0 radical (unpaired) electrons. The van der Waals surface area contributed by atoms with Crippen molar-refractivity contribution in [2.45, 2.75) is 20.3 Å². The lowest BCUT2D eigenvalue weighted by Gasteiger charge is -2.11. The van der Waals surface area contributed by atoms with Crippen LogP contribution in [0.2, 0.25) is 0 Å². The third kappa shape index (κ3) is 3.84. The van der Waals surface area contributed by atoms with Gasteiger partial charge in [-0.1, -0.05) is 32.0 Å². The fourth-order valence-corrected chi connectivity index (χ4v) is 3.86. The van der Waals surface area contributed by atoms with Crippen LogP contribution in [0.1, 0.15) is 30.6 Å². The lowest BCUT2D eigenvalue weighted by atomic mass is 10.1. The summed E-state index contributed by atoms with van der Waals surface area (Å²) in [6.07, 6.45) is 0.972. The number of benzene rings is 1. The number of nitrogens with zero attached hydrogens (tertiary/aromatic N) is 1. The van der Waals surface area contributed by atoms with Gasteiger partial charge in [-0.05, 0) is 52.5 Å². The molecule has 2 aromatic heterocycles. The van der Waals surface area contributed by atoms with Crippen LogP contribution in [0.15, 0.2) is 46.3 Å². The molecule has 1 N–H and O–H groups in total. The first-order chi connectivity index (χ1) is 11.5. The SMILES string of the molecule is CC(C)CCNC(=O)c1cc(-c2ccc(Br)s2)nc2ccccc12. The van der Waals surface area contributed by atoms with Gasteiger partial charge in [0.15, 0.2) is 0 Å². The third-order valence-electron chi connectivity index (χ3n) is 3.79. The topological polar surface area (TPSA) is 42.0 Å². The number of aromatic nitrogens is 1. The summed E-state index contributed by atoms with van der Waals surface area (Å²) < 4.78 is 1.05. The van der Waals surface area contributed by atoms with Gasteiger partial charge in [-0.15, -0.1) is 11.3 Å². The number of hydrogen-bond donors (Lipinski definition) is 1. The van der Waals surface area contributed by atoms with Crippen LogP contribution in [0.3, 0.4) is 0 Å². The smallest absolute Gasteiger partial charge is 0.252 e. The maximum Gasteiger partial charge on any atom is 0.252 e. The van der Waals surface area contributed by atoms with Gasteiger partial charge < -0.3 is 5.32 Å². The normalized spacial score (nSPS) is 11.2. The minimum atomic E-state index is -0.0360. The summed E-state index contributed by atoms with van der Waals surface area (Å²) in [7, 11) is 0. The molecule has 124 valence electrons. The molecule has 0 aliphatic rings. The molecular formula is C19H19BrN2OS. The van der Waals surface area contributed by atoms with Gasteiger partial charge in [0, 0.05) is 11.9 Å². The molecule has 0 fully saturated rings. The van der Waals surface area contributed by atoms with Gasteiger partial charge in [-0.3, -0.25) is 4.79 Å². The Kier molecular flexibility index (Phi) is 5.31. The average molecular weight is 403 g/mol. The summed E-state index contributed by atoms with van der Waals surface area (Å²) >= 11 is 5.10. The minimum absolute atomic E-state index is 0.0360. The second-order valence-electron chi connectivity index (χ2n) is 6.11. The van der Waals surface area contributed by atoms with Crippen molar-refractivity contribution in [3.63, 3.8) is 0 Å². The lowest BCUT2D eigenvalue weighted by Crippen LogP contribution is -2.25. The summed E-state index contributed by atoms with van der Waals surface area (Å²) in [5, 5.41) is 3.92. The first-order valence-electron chi connectivity index (χ1n) is 7.98. The Morgan fingerprint density at radius 3 is 2.75 bits per heavy atom. The number of hydrogen-bond acceptors (Lipinski definition) is 3.